The average molecular weight is 247 g/mol. The molecule has 1 aliphatic rings. The van der Waals surface area contributed by atoms with Crippen LogP contribution in [0.5, 0.6) is 5.75 Å². The van der Waals surface area contributed by atoms with Crippen molar-refractivity contribution in [3.05, 3.63) is 28.8 Å². The van der Waals surface area contributed by atoms with Gasteiger partial charge in [-0.25, -0.2) is 0 Å². The number of fused-ring (bicyclic) bond motifs is 1. The van der Waals surface area contributed by atoms with E-state index in [1.807, 2.05) is 40.1 Å². The Bertz CT molecular complexity index is 466. The van der Waals surface area contributed by atoms with Crippen molar-refractivity contribution in [2.45, 2.75) is 20.3 Å². The van der Waals surface area contributed by atoms with E-state index in [0.717, 1.165) is 29.8 Å². The number of aryl methyl sites for hydroxylation is 1. The van der Waals surface area contributed by atoms with E-state index in [1.165, 1.54) is 5.56 Å². The fraction of sp³-hybridized carbons (Fsp3) is 0.533. The first-order chi connectivity index (χ1) is 8.50. The number of carbonyl (C=O) groups excluding carboxylic acids is 1. The van der Waals surface area contributed by atoms with Crippen LogP contribution in [0.4, 0.5) is 0 Å². The van der Waals surface area contributed by atoms with Gasteiger partial charge in [-0.15, -0.1) is 0 Å². The summed E-state index contributed by atoms with van der Waals surface area (Å²) in [6.45, 7) is 5.48. The van der Waals surface area contributed by atoms with Gasteiger partial charge in [0.2, 0.25) is 0 Å². The first-order valence-corrected chi connectivity index (χ1v) is 6.42. The number of Topliss-reactive ketones (excluding diaryl/α,β-unsaturated/α-hetero) is 1. The molecular weight excluding hydrogens is 226 g/mol. The van der Waals surface area contributed by atoms with Crippen molar-refractivity contribution in [3.63, 3.8) is 0 Å². The van der Waals surface area contributed by atoms with Crippen molar-refractivity contribution in [1.29, 1.82) is 0 Å². The highest BCUT2D eigenvalue weighted by atomic mass is 16.5. The average Bonchev–Trinajstić information content (AvgIpc) is 2.45. The van der Waals surface area contributed by atoms with Gasteiger partial charge in [-0.2, -0.15) is 0 Å². The van der Waals surface area contributed by atoms with Gasteiger partial charge >= 0.3 is 0 Å². The molecule has 0 saturated heterocycles. The van der Waals surface area contributed by atoms with Crippen LogP contribution in [0, 0.1) is 19.8 Å². The molecule has 1 aromatic rings. The number of hydrogen-bond donors (Lipinski definition) is 0. The van der Waals surface area contributed by atoms with Crippen LogP contribution in [0.2, 0.25) is 0 Å². The molecular formula is C15H21NO2. The molecule has 1 heterocycles. The van der Waals surface area contributed by atoms with E-state index in [2.05, 4.69) is 4.90 Å². The van der Waals surface area contributed by atoms with Crippen molar-refractivity contribution in [2.75, 3.05) is 27.2 Å². The zero-order valence-corrected chi connectivity index (χ0v) is 11.6. The molecule has 0 amide bonds. The first kappa shape index (κ1) is 13.1. The standard InChI is InChI=1S/C15H21NO2/c1-10-5-6-13-14(17)12(9-16(3)4)7-8-18-15(13)11(10)2/h5-6,12H,7-9H2,1-4H3. The third-order valence-corrected chi connectivity index (χ3v) is 3.61. The number of benzene rings is 1. The number of nitrogens with zero attached hydrogens (tertiary/aromatic N) is 1. The third kappa shape index (κ3) is 2.41. The molecule has 0 aromatic heterocycles. The summed E-state index contributed by atoms with van der Waals surface area (Å²) >= 11 is 0. The number of ketones is 1. The SMILES string of the molecule is Cc1ccc2c(c1C)OCCC(CN(C)C)C2=O. The van der Waals surface area contributed by atoms with Crippen LogP contribution in [-0.4, -0.2) is 37.9 Å². The molecule has 1 aliphatic heterocycles. The Morgan fingerprint density at radius 1 is 1.33 bits per heavy atom. The molecule has 0 bridgehead atoms. The second-order valence-corrected chi connectivity index (χ2v) is 5.34. The lowest BCUT2D eigenvalue weighted by atomic mass is 9.93. The van der Waals surface area contributed by atoms with Crippen LogP contribution < -0.4 is 4.74 Å². The highest BCUT2D eigenvalue weighted by Gasteiger charge is 2.27. The molecule has 1 atom stereocenters. The van der Waals surface area contributed by atoms with Crippen LogP contribution >= 0.6 is 0 Å². The lowest BCUT2D eigenvalue weighted by molar-refractivity contribution is 0.0891. The Balaban J connectivity index is 2.38. The Labute approximate surface area is 109 Å². The third-order valence-electron chi connectivity index (χ3n) is 3.61. The van der Waals surface area contributed by atoms with Crippen LogP contribution in [-0.2, 0) is 0 Å². The predicted octanol–water partition coefficient (Wildman–Crippen LogP) is 2.45. The van der Waals surface area contributed by atoms with Crippen LogP contribution in [0.25, 0.3) is 0 Å². The maximum atomic E-state index is 12.5. The number of ether oxygens (including phenoxy) is 1. The smallest absolute Gasteiger partial charge is 0.171 e. The van der Waals surface area contributed by atoms with Crippen molar-refractivity contribution >= 4 is 5.78 Å². The quantitative estimate of drug-likeness (QED) is 0.804. The molecule has 0 aliphatic carbocycles. The van der Waals surface area contributed by atoms with E-state index in [9.17, 15) is 4.79 Å². The summed E-state index contributed by atoms with van der Waals surface area (Å²) in [6, 6.07) is 3.92. The fourth-order valence-electron chi connectivity index (χ4n) is 2.44. The van der Waals surface area contributed by atoms with Gasteiger partial charge in [0.25, 0.3) is 0 Å². The van der Waals surface area contributed by atoms with Crippen LogP contribution in [0.1, 0.15) is 27.9 Å². The van der Waals surface area contributed by atoms with E-state index in [4.69, 9.17) is 4.74 Å². The minimum Gasteiger partial charge on any atom is -0.493 e. The molecule has 0 spiro atoms. The molecule has 1 aromatic carbocycles. The van der Waals surface area contributed by atoms with Gasteiger partial charge in [0.05, 0.1) is 12.2 Å². The molecule has 0 fully saturated rings. The van der Waals surface area contributed by atoms with Gasteiger partial charge in [-0.05, 0) is 51.6 Å². The highest BCUT2D eigenvalue weighted by Crippen LogP contribution is 2.32. The Morgan fingerprint density at radius 3 is 2.72 bits per heavy atom. The fourth-order valence-corrected chi connectivity index (χ4v) is 2.44. The normalized spacial score (nSPS) is 19.4. The minimum atomic E-state index is 0.0448. The summed E-state index contributed by atoms with van der Waals surface area (Å²) in [5, 5.41) is 0. The van der Waals surface area contributed by atoms with Gasteiger partial charge in [-0.3, -0.25) is 4.79 Å². The molecule has 18 heavy (non-hydrogen) atoms. The van der Waals surface area contributed by atoms with E-state index in [-0.39, 0.29) is 11.7 Å². The largest absolute Gasteiger partial charge is 0.493 e. The summed E-state index contributed by atoms with van der Waals surface area (Å²) in [7, 11) is 4.00. The summed E-state index contributed by atoms with van der Waals surface area (Å²) in [5.74, 6) is 1.06. The molecule has 3 heteroatoms. The summed E-state index contributed by atoms with van der Waals surface area (Å²) < 4.78 is 5.80. The molecule has 2 rings (SSSR count). The van der Waals surface area contributed by atoms with Gasteiger partial charge in [0, 0.05) is 12.5 Å². The Kier molecular flexibility index (Phi) is 3.71. The molecule has 98 valence electrons. The molecule has 0 radical (unpaired) electrons. The summed E-state index contributed by atoms with van der Waals surface area (Å²) in [6.07, 6.45) is 0.796. The maximum Gasteiger partial charge on any atom is 0.171 e. The lowest BCUT2D eigenvalue weighted by Gasteiger charge is -2.17. The molecule has 0 saturated carbocycles. The van der Waals surface area contributed by atoms with Crippen LogP contribution in [0.15, 0.2) is 12.1 Å². The topological polar surface area (TPSA) is 29.5 Å². The van der Waals surface area contributed by atoms with Crippen molar-refractivity contribution < 1.29 is 9.53 Å². The summed E-state index contributed by atoms with van der Waals surface area (Å²) in [5.41, 5.74) is 3.02. The van der Waals surface area contributed by atoms with Crippen LogP contribution in [0.3, 0.4) is 0 Å². The van der Waals surface area contributed by atoms with Gasteiger partial charge < -0.3 is 9.64 Å². The zero-order chi connectivity index (χ0) is 13.3. The molecule has 1 unspecified atom stereocenters. The number of rotatable bonds is 2. The van der Waals surface area contributed by atoms with E-state index < -0.39 is 0 Å². The molecule has 0 N–H and O–H groups in total. The minimum absolute atomic E-state index is 0.0448. The lowest BCUT2D eigenvalue weighted by Crippen LogP contribution is -2.28. The second-order valence-electron chi connectivity index (χ2n) is 5.34. The predicted molar refractivity (Wildman–Crippen MR) is 72.4 cm³/mol. The van der Waals surface area contributed by atoms with Gasteiger partial charge in [0.15, 0.2) is 5.78 Å². The molecule has 3 nitrogen and oxygen atoms in total. The summed E-state index contributed by atoms with van der Waals surface area (Å²) in [4.78, 5) is 14.6. The van der Waals surface area contributed by atoms with Crippen molar-refractivity contribution in [1.82, 2.24) is 4.90 Å². The van der Waals surface area contributed by atoms with E-state index >= 15 is 0 Å². The van der Waals surface area contributed by atoms with E-state index in [1.54, 1.807) is 0 Å². The second kappa shape index (κ2) is 5.11. The first-order valence-electron chi connectivity index (χ1n) is 6.42. The Hall–Kier alpha value is -1.35. The number of hydrogen-bond acceptors (Lipinski definition) is 3. The Morgan fingerprint density at radius 2 is 2.06 bits per heavy atom. The maximum absolute atomic E-state index is 12.5. The van der Waals surface area contributed by atoms with E-state index in [0.29, 0.717) is 6.61 Å². The van der Waals surface area contributed by atoms with Crippen molar-refractivity contribution in [3.8, 4) is 5.75 Å². The van der Waals surface area contributed by atoms with Gasteiger partial charge in [0.1, 0.15) is 5.75 Å². The highest BCUT2D eigenvalue weighted by molar-refractivity contribution is 6.01. The monoisotopic (exact) mass is 247 g/mol. The van der Waals surface area contributed by atoms with Gasteiger partial charge in [-0.1, -0.05) is 6.07 Å². The number of carbonyl (C=O) groups is 1. The zero-order valence-electron chi connectivity index (χ0n) is 11.6. The van der Waals surface area contributed by atoms with Crippen molar-refractivity contribution in [2.24, 2.45) is 5.92 Å².